The molecule has 6 heteroatoms. The van der Waals surface area contributed by atoms with Gasteiger partial charge in [0, 0.05) is 24.6 Å². The van der Waals surface area contributed by atoms with Crippen LogP contribution in [0.4, 0.5) is 0 Å². The lowest BCUT2D eigenvalue weighted by Crippen LogP contribution is -2.41. The van der Waals surface area contributed by atoms with E-state index in [1.807, 2.05) is 43.0 Å². The van der Waals surface area contributed by atoms with Gasteiger partial charge in [-0.15, -0.1) is 0 Å². The number of aromatic nitrogens is 2. The Kier molecular flexibility index (Phi) is 4.83. The molecule has 1 aromatic carbocycles. The van der Waals surface area contributed by atoms with E-state index in [2.05, 4.69) is 10.1 Å². The Hall–Kier alpha value is -2.37. The first-order valence-corrected chi connectivity index (χ1v) is 8.35. The summed E-state index contributed by atoms with van der Waals surface area (Å²) in [4.78, 5) is 18.7. The lowest BCUT2D eigenvalue weighted by atomic mass is 9.97. The molecule has 2 aromatic rings. The van der Waals surface area contributed by atoms with Crippen molar-refractivity contribution in [2.45, 2.75) is 32.6 Å². The van der Waals surface area contributed by atoms with E-state index in [9.17, 15) is 4.79 Å². The lowest BCUT2D eigenvalue weighted by Gasteiger charge is -2.32. The number of nitrogens with zero attached hydrogens (tertiary/aromatic N) is 3. The van der Waals surface area contributed by atoms with Gasteiger partial charge in [0.25, 0.3) is 0 Å². The van der Waals surface area contributed by atoms with Crippen LogP contribution in [0, 0.1) is 5.92 Å². The Morgan fingerprint density at radius 2 is 2.25 bits per heavy atom. The molecule has 0 spiro atoms. The molecule has 0 bridgehead atoms. The largest absolute Gasteiger partial charge is 0.497 e. The quantitative estimate of drug-likeness (QED) is 0.862. The van der Waals surface area contributed by atoms with Crippen LogP contribution in [0.2, 0.25) is 0 Å². The molecular formula is C18H23N3O3. The van der Waals surface area contributed by atoms with Crippen molar-refractivity contribution in [3.8, 4) is 17.1 Å². The van der Waals surface area contributed by atoms with Crippen LogP contribution in [-0.2, 0) is 4.79 Å². The second kappa shape index (κ2) is 7.03. The fraction of sp³-hybridized carbons (Fsp3) is 0.500. The van der Waals surface area contributed by atoms with Gasteiger partial charge in [-0.3, -0.25) is 4.79 Å². The number of hydrogen-bond acceptors (Lipinski definition) is 5. The number of methoxy groups -OCH3 is 1. The maximum absolute atomic E-state index is 12.2. The number of ether oxygens (including phenoxy) is 1. The second-order valence-corrected chi connectivity index (χ2v) is 6.47. The van der Waals surface area contributed by atoms with Gasteiger partial charge in [0.1, 0.15) is 5.75 Å². The van der Waals surface area contributed by atoms with Crippen LogP contribution in [0.3, 0.4) is 0 Å². The Bertz CT molecular complexity index is 711. The molecule has 1 aromatic heterocycles. The van der Waals surface area contributed by atoms with Crippen molar-refractivity contribution in [3.63, 3.8) is 0 Å². The highest BCUT2D eigenvalue weighted by molar-refractivity contribution is 5.78. The van der Waals surface area contributed by atoms with Crippen molar-refractivity contribution in [2.75, 3.05) is 20.2 Å². The van der Waals surface area contributed by atoms with E-state index < -0.39 is 0 Å². The maximum Gasteiger partial charge on any atom is 0.231 e. The van der Waals surface area contributed by atoms with E-state index in [-0.39, 0.29) is 17.7 Å². The monoisotopic (exact) mass is 329 g/mol. The topological polar surface area (TPSA) is 68.5 Å². The number of carbonyl (C=O) groups is 1. The average molecular weight is 329 g/mol. The minimum absolute atomic E-state index is 0.0128. The minimum atomic E-state index is 0.0128. The van der Waals surface area contributed by atoms with Crippen LogP contribution >= 0.6 is 0 Å². The molecule has 0 aliphatic carbocycles. The molecule has 3 rings (SSSR count). The Morgan fingerprint density at radius 1 is 1.42 bits per heavy atom. The molecule has 0 radical (unpaired) electrons. The van der Waals surface area contributed by atoms with Crippen molar-refractivity contribution in [3.05, 3.63) is 30.2 Å². The highest BCUT2D eigenvalue weighted by Crippen LogP contribution is 2.29. The van der Waals surface area contributed by atoms with Crippen molar-refractivity contribution in [1.29, 1.82) is 0 Å². The molecule has 128 valence electrons. The highest BCUT2D eigenvalue weighted by Gasteiger charge is 2.29. The van der Waals surface area contributed by atoms with Crippen LogP contribution < -0.4 is 4.74 Å². The van der Waals surface area contributed by atoms with Gasteiger partial charge in [-0.2, -0.15) is 4.98 Å². The molecule has 1 fully saturated rings. The van der Waals surface area contributed by atoms with Gasteiger partial charge in [-0.25, -0.2) is 0 Å². The van der Waals surface area contributed by atoms with Gasteiger partial charge in [0.2, 0.25) is 17.6 Å². The van der Waals surface area contributed by atoms with Crippen molar-refractivity contribution in [1.82, 2.24) is 15.0 Å². The fourth-order valence-electron chi connectivity index (χ4n) is 3.02. The number of amides is 1. The Balaban J connectivity index is 1.76. The summed E-state index contributed by atoms with van der Waals surface area (Å²) in [5.74, 6) is 2.22. The van der Waals surface area contributed by atoms with E-state index in [0.717, 1.165) is 30.7 Å². The van der Waals surface area contributed by atoms with Crippen molar-refractivity contribution < 1.29 is 14.1 Å². The molecule has 0 saturated carbocycles. The van der Waals surface area contributed by atoms with Crippen molar-refractivity contribution >= 4 is 5.91 Å². The van der Waals surface area contributed by atoms with Gasteiger partial charge in [-0.05, 0) is 25.0 Å². The number of likely N-dealkylation sites (tertiary alicyclic amines) is 1. The van der Waals surface area contributed by atoms with Gasteiger partial charge in [-0.1, -0.05) is 31.1 Å². The molecule has 6 nitrogen and oxygen atoms in total. The minimum Gasteiger partial charge on any atom is -0.497 e. The molecule has 1 aliphatic heterocycles. The molecule has 1 amide bonds. The first kappa shape index (κ1) is 16.5. The van der Waals surface area contributed by atoms with Gasteiger partial charge in [0.15, 0.2) is 0 Å². The third kappa shape index (κ3) is 3.42. The summed E-state index contributed by atoms with van der Waals surface area (Å²) in [6, 6.07) is 7.57. The third-order valence-electron chi connectivity index (χ3n) is 4.35. The standard InChI is InChI=1S/C18H23N3O3/c1-12(2)18(22)21-9-5-7-14(11-21)17-19-16(20-24-17)13-6-4-8-15(10-13)23-3/h4,6,8,10,12,14H,5,7,9,11H2,1-3H3/t14-/m0/s1. The molecule has 1 aliphatic rings. The number of benzene rings is 1. The molecule has 0 N–H and O–H groups in total. The van der Waals surface area contributed by atoms with Crippen LogP contribution in [0.25, 0.3) is 11.4 Å². The number of piperidine rings is 1. The number of carbonyl (C=O) groups excluding carboxylic acids is 1. The summed E-state index contributed by atoms with van der Waals surface area (Å²) in [6.45, 7) is 5.32. The first-order chi connectivity index (χ1) is 11.6. The zero-order chi connectivity index (χ0) is 17.1. The van der Waals surface area contributed by atoms with Crippen LogP contribution in [-0.4, -0.2) is 41.1 Å². The predicted molar refractivity (Wildman–Crippen MR) is 89.7 cm³/mol. The molecule has 2 heterocycles. The third-order valence-corrected chi connectivity index (χ3v) is 4.35. The van der Waals surface area contributed by atoms with Crippen LogP contribution in [0.1, 0.15) is 38.5 Å². The Labute approximate surface area is 141 Å². The maximum atomic E-state index is 12.2. The predicted octanol–water partition coefficient (Wildman–Crippen LogP) is 3.11. The van der Waals surface area contributed by atoms with Gasteiger partial charge in [0.05, 0.1) is 13.0 Å². The van der Waals surface area contributed by atoms with E-state index >= 15 is 0 Å². The molecule has 0 unspecified atom stereocenters. The second-order valence-electron chi connectivity index (χ2n) is 6.47. The summed E-state index contributed by atoms with van der Waals surface area (Å²) in [5, 5.41) is 4.10. The van der Waals surface area contributed by atoms with E-state index in [0.29, 0.717) is 18.3 Å². The summed E-state index contributed by atoms with van der Waals surface area (Å²) >= 11 is 0. The van der Waals surface area contributed by atoms with Gasteiger partial charge >= 0.3 is 0 Å². The summed E-state index contributed by atoms with van der Waals surface area (Å²) < 4.78 is 10.7. The summed E-state index contributed by atoms with van der Waals surface area (Å²) in [6.07, 6.45) is 1.92. The summed E-state index contributed by atoms with van der Waals surface area (Å²) in [7, 11) is 1.63. The average Bonchev–Trinajstić information content (AvgIpc) is 3.11. The first-order valence-electron chi connectivity index (χ1n) is 8.35. The smallest absolute Gasteiger partial charge is 0.231 e. The van der Waals surface area contributed by atoms with Crippen LogP contribution in [0.15, 0.2) is 28.8 Å². The molecule has 1 saturated heterocycles. The molecule has 24 heavy (non-hydrogen) atoms. The highest BCUT2D eigenvalue weighted by atomic mass is 16.5. The Morgan fingerprint density at radius 3 is 3.00 bits per heavy atom. The fourth-order valence-corrected chi connectivity index (χ4v) is 3.02. The van der Waals surface area contributed by atoms with E-state index in [4.69, 9.17) is 9.26 Å². The number of rotatable bonds is 4. The summed E-state index contributed by atoms with van der Waals surface area (Å²) in [5.41, 5.74) is 0.857. The van der Waals surface area contributed by atoms with E-state index in [1.54, 1.807) is 7.11 Å². The normalized spacial score (nSPS) is 18.0. The van der Waals surface area contributed by atoms with Crippen molar-refractivity contribution in [2.24, 2.45) is 5.92 Å². The molecule has 1 atom stereocenters. The van der Waals surface area contributed by atoms with E-state index in [1.165, 1.54) is 0 Å². The molecular weight excluding hydrogens is 306 g/mol. The lowest BCUT2D eigenvalue weighted by molar-refractivity contribution is -0.135. The van der Waals surface area contributed by atoms with Gasteiger partial charge < -0.3 is 14.2 Å². The SMILES string of the molecule is COc1cccc(-c2noc([C@H]3CCCN(C(=O)C(C)C)C3)n2)c1. The zero-order valence-electron chi connectivity index (χ0n) is 14.4. The van der Waals surface area contributed by atoms with Crippen LogP contribution in [0.5, 0.6) is 5.75 Å². The zero-order valence-corrected chi connectivity index (χ0v) is 14.4. The number of hydrogen-bond donors (Lipinski definition) is 0.